The van der Waals surface area contributed by atoms with Gasteiger partial charge in [0.1, 0.15) is 5.82 Å². The van der Waals surface area contributed by atoms with Gasteiger partial charge in [-0.1, -0.05) is 31.2 Å². The van der Waals surface area contributed by atoms with Crippen molar-refractivity contribution in [3.05, 3.63) is 65.5 Å². The fraction of sp³-hybridized carbons (Fsp3) is 0.368. The van der Waals surface area contributed by atoms with Crippen molar-refractivity contribution in [2.45, 2.75) is 32.7 Å². The zero-order valence-electron chi connectivity index (χ0n) is 13.3. The van der Waals surface area contributed by atoms with Crippen molar-refractivity contribution in [1.82, 2.24) is 4.90 Å². The lowest BCUT2D eigenvalue weighted by molar-refractivity contribution is 0.262. The molecule has 0 unspecified atom stereocenters. The first kappa shape index (κ1) is 16.5. The van der Waals surface area contributed by atoms with Crippen molar-refractivity contribution in [3.63, 3.8) is 0 Å². The molecule has 0 saturated carbocycles. The highest BCUT2D eigenvalue weighted by Gasteiger charge is 2.05. The number of aryl methyl sites for hydroxylation is 1. The number of hydrogen-bond acceptors (Lipinski definition) is 2. The number of halogens is 1. The summed E-state index contributed by atoms with van der Waals surface area (Å²) in [5, 5.41) is 0. The second kappa shape index (κ2) is 8.54. The topological polar surface area (TPSA) is 29.3 Å². The van der Waals surface area contributed by atoms with Crippen LogP contribution in [0.4, 0.5) is 10.1 Å². The molecule has 0 aromatic heterocycles. The Morgan fingerprint density at radius 2 is 1.55 bits per heavy atom. The van der Waals surface area contributed by atoms with Crippen LogP contribution in [-0.4, -0.2) is 18.0 Å². The van der Waals surface area contributed by atoms with Crippen LogP contribution >= 0.6 is 0 Å². The fourth-order valence-corrected chi connectivity index (χ4v) is 2.63. The smallest absolute Gasteiger partial charge is 0.123 e. The van der Waals surface area contributed by atoms with Crippen LogP contribution in [0, 0.1) is 5.82 Å². The lowest BCUT2D eigenvalue weighted by Crippen LogP contribution is -2.25. The standard InChI is InChI=1S/C19H25FN2/c1-2-13-22(15-17-7-11-19(21)12-8-17)14-3-4-16-5-9-18(20)10-6-16/h5-12H,2-4,13-15,21H2,1H3. The van der Waals surface area contributed by atoms with Crippen molar-refractivity contribution in [2.75, 3.05) is 18.8 Å². The summed E-state index contributed by atoms with van der Waals surface area (Å²) in [5.74, 6) is -0.167. The van der Waals surface area contributed by atoms with Gasteiger partial charge in [0.2, 0.25) is 0 Å². The van der Waals surface area contributed by atoms with Crippen molar-refractivity contribution in [2.24, 2.45) is 0 Å². The fourth-order valence-electron chi connectivity index (χ4n) is 2.63. The van der Waals surface area contributed by atoms with Gasteiger partial charge >= 0.3 is 0 Å². The van der Waals surface area contributed by atoms with Crippen LogP contribution in [0.1, 0.15) is 30.9 Å². The molecule has 0 aliphatic heterocycles. The van der Waals surface area contributed by atoms with Gasteiger partial charge < -0.3 is 5.73 Å². The summed E-state index contributed by atoms with van der Waals surface area (Å²) in [6, 6.07) is 14.9. The molecule has 0 radical (unpaired) electrons. The molecule has 118 valence electrons. The van der Waals surface area contributed by atoms with Crippen molar-refractivity contribution >= 4 is 5.69 Å². The summed E-state index contributed by atoms with van der Waals surface area (Å²) in [7, 11) is 0. The molecule has 2 rings (SSSR count). The maximum absolute atomic E-state index is 12.9. The van der Waals surface area contributed by atoms with E-state index in [0.717, 1.165) is 44.6 Å². The van der Waals surface area contributed by atoms with E-state index in [1.807, 2.05) is 24.3 Å². The van der Waals surface area contributed by atoms with Crippen LogP contribution in [0.5, 0.6) is 0 Å². The van der Waals surface area contributed by atoms with E-state index in [1.54, 1.807) is 0 Å². The van der Waals surface area contributed by atoms with Gasteiger partial charge in [0.05, 0.1) is 0 Å². The zero-order chi connectivity index (χ0) is 15.8. The van der Waals surface area contributed by atoms with Gasteiger partial charge in [0.25, 0.3) is 0 Å². The third-order valence-corrected chi connectivity index (χ3v) is 3.78. The predicted molar refractivity (Wildman–Crippen MR) is 91.1 cm³/mol. The van der Waals surface area contributed by atoms with Gasteiger partial charge in [0.15, 0.2) is 0 Å². The van der Waals surface area contributed by atoms with Crippen LogP contribution in [0.2, 0.25) is 0 Å². The first-order chi connectivity index (χ1) is 10.7. The Labute approximate surface area is 132 Å². The molecule has 2 aromatic rings. The Morgan fingerprint density at radius 3 is 2.18 bits per heavy atom. The first-order valence-corrected chi connectivity index (χ1v) is 7.98. The quantitative estimate of drug-likeness (QED) is 0.738. The van der Waals surface area contributed by atoms with Crippen molar-refractivity contribution < 1.29 is 4.39 Å². The molecule has 0 aliphatic carbocycles. The molecule has 0 atom stereocenters. The number of rotatable bonds is 8. The van der Waals surface area contributed by atoms with E-state index >= 15 is 0 Å². The van der Waals surface area contributed by atoms with Gasteiger partial charge in [-0.2, -0.15) is 0 Å². The number of nitrogens with zero attached hydrogens (tertiary/aromatic N) is 1. The largest absolute Gasteiger partial charge is 0.399 e. The zero-order valence-corrected chi connectivity index (χ0v) is 13.3. The number of benzene rings is 2. The Balaban J connectivity index is 1.83. The molecule has 2 aromatic carbocycles. The molecular weight excluding hydrogens is 275 g/mol. The van der Waals surface area contributed by atoms with E-state index in [-0.39, 0.29) is 5.82 Å². The molecule has 0 amide bonds. The van der Waals surface area contributed by atoms with E-state index in [1.165, 1.54) is 23.3 Å². The van der Waals surface area contributed by atoms with E-state index in [0.29, 0.717) is 0 Å². The summed E-state index contributed by atoms with van der Waals surface area (Å²) in [6.45, 7) is 5.30. The monoisotopic (exact) mass is 300 g/mol. The van der Waals surface area contributed by atoms with E-state index in [9.17, 15) is 4.39 Å². The van der Waals surface area contributed by atoms with Crippen LogP contribution in [-0.2, 0) is 13.0 Å². The average molecular weight is 300 g/mol. The minimum atomic E-state index is -0.167. The highest BCUT2D eigenvalue weighted by Crippen LogP contribution is 2.11. The molecule has 0 spiro atoms. The number of nitrogens with two attached hydrogens (primary N) is 1. The molecule has 2 N–H and O–H groups in total. The Morgan fingerprint density at radius 1 is 0.909 bits per heavy atom. The van der Waals surface area contributed by atoms with Crippen LogP contribution in [0.3, 0.4) is 0 Å². The maximum atomic E-state index is 12.9. The van der Waals surface area contributed by atoms with Gasteiger partial charge in [-0.3, -0.25) is 4.90 Å². The highest BCUT2D eigenvalue weighted by atomic mass is 19.1. The van der Waals surface area contributed by atoms with Crippen LogP contribution in [0.15, 0.2) is 48.5 Å². The molecular formula is C19H25FN2. The van der Waals surface area contributed by atoms with Gasteiger partial charge in [-0.05, 0) is 67.7 Å². The summed E-state index contributed by atoms with van der Waals surface area (Å²) in [4.78, 5) is 2.47. The second-order valence-electron chi connectivity index (χ2n) is 5.75. The molecule has 0 bridgehead atoms. The SMILES string of the molecule is CCCN(CCCc1ccc(F)cc1)Cc1ccc(N)cc1. The van der Waals surface area contributed by atoms with E-state index < -0.39 is 0 Å². The summed E-state index contributed by atoms with van der Waals surface area (Å²) in [5.41, 5.74) is 9.03. The molecule has 3 heteroatoms. The van der Waals surface area contributed by atoms with E-state index in [2.05, 4.69) is 24.0 Å². The Hall–Kier alpha value is -1.87. The lowest BCUT2D eigenvalue weighted by atomic mass is 10.1. The minimum Gasteiger partial charge on any atom is -0.399 e. The second-order valence-corrected chi connectivity index (χ2v) is 5.75. The molecule has 0 saturated heterocycles. The Bertz CT molecular complexity index is 549. The molecule has 2 nitrogen and oxygen atoms in total. The summed E-state index contributed by atoms with van der Waals surface area (Å²) < 4.78 is 12.9. The highest BCUT2D eigenvalue weighted by molar-refractivity contribution is 5.39. The number of anilines is 1. The van der Waals surface area contributed by atoms with Gasteiger partial charge in [-0.15, -0.1) is 0 Å². The van der Waals surface area contributed by atoms with Crippen LogP contribution < -0.4 is 5.73 Å². The average Bonchev–Trinajstić information content (AvgIpc) is 2.52. The first-order valence-electron chi connectivity index (χ1n) is 7.98. The predicted octanol–water partition coefficient (Wildman–Crippen LogP) is 4.25. The molecule has 0 aliphatic rings. The normalized spacial score (nSPS) is 11.0. The third-order valence-electron chi connectivity index (χ3n) is 3.78. The number of hydrogen-bond donors (Lipinski definition) is 1. The summed E-state index contributed by atoms with van der Waals surface area (Å²) in [6.07, 6.45) is 3.22. The van der Waals surface area contributed by atoms with Crippen molar-refractivity contribution in [1.29, 1.82) is 0 Å². The van der Waals surface area contributed by atoms with Gasteiger partial charge in [0, 0.05) is 12.2 Å². The maximum Gasteiger partial charge on any atom is 0.123 e. The van der Waals surface area contributed by atoms with E-state index in [4.69, 9.17) is 5.73 Å². The third kappa shape index (κ3) is 5.49. The summed E-state index contributed by atoms with van der Waals surface area (Å²) >= 11 is 0. The molecule has 0 fully saturated rings. The minimum absolute atomic E-state index is 0.167. The molecule has 0 heterocycles. The molecule has 22 heavy (non-hydrogen) atoms. The Kier molecular flexibility index (Phi) is 6.41. The van der Waals surface area contributed by atoms with Crippen LogP contribution in [0.25, 0.3) is 0 Å². The van der Waals surface area contributed by atoms with Gasteiger partial charge in [-0.25, -0.2) is 4.39 Å². The lowest BCUT2D eigenvalue weighted by Gasteiger charge is -2.22. The van der Waals surface area contributed by atoms with Crippen molar-refractivity contribution in [3.8, 4) is 0 Å². The number of nitrogen functional groups attached to an aromatic ring is 1.